The number of carbonyl (C=O) groups excluding carboxylic acids is 1. The molecule has 0 fully saturated rings. The lowest BCUT2D eigenvalue weighted by atomic mass is 10.3. The molecule has 0 spiro atoms. The van der Waals surface area contributed by atoms with Crippen LogP contribution in [0.4, 0.5) is 5.82 Å². The number of ether oxygens (including phenoxy) is 1. The van der Waals surface area contributed by atoms with Gasteiger partial charge in [-0.25, -0.2) is 4.98 Å². The Morgan fingerprint density at radius 3 is 2.88 bits per heavy atom. The van der Waals surface area contributed by atoms with Gasteiger partial charge in [-0.3, -0.25) is 9.78 Å². The number of nitrogens with one attached hydrogen (secondary N) is 1. The van der Waals surface area contributed by atoms with Crippen LogP contribution in [0.2, 0.25) is 0 Å². The van der Waals surface area contributed by atoms with Gasteiger partial charge in [0.05, 0.1) is 19.0 Å². The lowest BCUT2D eigenvalue weighted by Gasteiger charge is -2.19. The average molecular weight is 238 g/mol. The molecule has 0 bridgehead atoms. The Bertz CT molecular complexity index is 370. The first-order valence-corrected chi connectivity index (χ1v) is 5.51. The number of aromatic nitrogens is 2. The standard InChI is InChI=1S/C11H18N4O2/c1-4-15(5-6-17-3)11(16)9-7-13-8-10(12-2)14-9/h7-8H,4-6H2,1-3H3,(H,12,14). The van der Waals surface area contributed by atoms with Gasteiger partial charge in [0.2, 0.25) is 0 Å². The highest BCUT2D eigenvalue weighted by atomic mass is 16.5. The van der Waals surface area contributed by atoms with E-state index in [1.165, 1.54) is 6.20 Å². The number of hydrogen-bond donors (Lipinski definition) is 1. The summed E-state index contributed by atoms with van der Waals surface area (Å²) in [6, 6.07) is 0. The third kappa shape index (κ3) is 3.67. The number of likely N-dealkylation sites (N-methyl/N-ethyl adjacent to an activating group) is 1. The molecule has 0 aromatic carbocycles. The second-order valence-electron chi connectivity index (χ2n) is 3.42. The predicted molar refractivity (Wildman–Crippen MR) is 65.0 cm³/mol. The van der Waals surface area contributed by atoms with Gasteiger partial charge in [0.25, 0.3) is 5.91 Å². The molecule has 1 N–H and O–H groups in total. The number of rotatable bonds is 6. The van der Waals surface area contributed by atoms with E-state index in [1.807, 2.05) is 6.92 Å². The van der Waals surface area contributed by atoms with E-state index >= 15 is 0 Å². The van der Waals surface area contributed by atoms with E-state index in [-0.39, 0.29) is 5.91 Å². The van der Waals surface area contributed by atoms with Crippen molar-refractivity contribution >= 4 is 11.7 Å². The van der Waals surface area contributed by atoms with Gasteiger partial charge in [0, 0.05) is 27.2 Å². The van der Waals surface area contributed by atoms with Crippen molar-refractivity contribution in [2.24, 2.45) is 0 Å². The maximum absolute atomic E-state index is 12.1. The first kappa shape index (κ1) is 13.4. The van der Waals surface area contributed by atoms with Gasteiger partial charge in [0.1, 0.15) is 11.5 Å². The van der Waals surface area contributed by atoms with Crippen molar-refractivity contribution in [3.63, 3.8) is 0 Å². The SMILES string of the molecule is CCN(CCOC)C(=O)c1cncc(NC)n1. The Morgan fingerprint density at radius 2 is 2.29 bits per heavy atom. The fourth-order valence-electron chi connectivity index (χ4n) is 1.36. The topological polar surface area (TPSA) is 67.3 Å². The molecule has 1 rings (SSSR count). The Kier molecular flexibility index (Phi) is 5.35. The van der Waals surface area contributed by atoms with Crippen molar-refractivity contribution in [3.8, 4) is 0 Å². The number of methoxy groups -OCH3 is 1. The molecular formula is C11H18N4O2. The molecule has 0 aliphatic carbocycles. The molecule has 1 amide bonds. The maximum Gasteiger partial charge on any atom is 0.274 e. The van der Waals surface area contributed by atoms with Crippen LogP contribution in [0.3, 0.4) is 0 Å². The third-order valence-corrected chi connectivity index (χ3v) is 2.34. The summed E-state index contributed by atoms with van der Waals surface area (Å²) in [6.07, 6.45) is 3.04. The van der Waals surface area contributed by atoms with Crippen LogP contribution in [0.25, 0.3) is 0 Å². The Labute approximate surface area is 101 Å². The predicted octanol–water partition coefficient (Wildman–Crippen LogP) is 0.627. The second-order valence-corrected chi connectivity index (χ2v) is 3.42. The van der Waals surface area contributed by atoms with Gasteiger partial charge >= 0.3 is 0 Å². The molecule has 6 nitrogen and oxygen atoms in total. The summed E-state index contributed by atoms with van der Waals surface area (Å²) in [4.78, 5) is 21.9. The van der Waals surface area contributed by atoms with E-state index < -0.39 is 0 Å². The van der Waals surface area contributed by atoms with E-state index in [0.717, 1.165) is 0 Å². The number of carbonyl (C=O) groups is 1. The van der Waals surface area contributed by atoms with Gasteiger partial charge in [0.15, 0.2) is 0 Å². The lowest BCUT2D eigenvalue weighted by Crippen LogP contribution is -2.34. The second kappa shape index (κ2) is 6.80. The summed E-state index contributed by atoms with van der Waals surface area (Å²) in [5.41, 5.74) is 0.342. The van der Waals surface area contributed by atoms with Crippen LogP contribution in [-0.4, -0.2) is 54.6 Å². The quantitative estimate of drug-likeness (QED) is 0.787. The van der Waals surface area contributed by atoms with Crippen LogP contribution in [0, 0.1) is 0 Å². The zero-order valence-corrected chi connectivity index (χ0v) is 10.4. The van der Waals surface area contributed by atoms with Crippen molar-refractivity contribution in [2.75, 3.05) is 39.2 Å². The largest absolute Gasteiger partial charge is 0.383 e. The molecule has 0 saturated heterocycles. The van der Waals surface area contributed by atoms with Crippen LogP contribution in [-0.2, 0) is 4.74 Å². The molecule has 94 valence electrons. The molecule has 0 aliphatic heterocycles. The Balaban J connectivity index is 2.78. The molecule has 1 aromatic rings. The van der Waals surface area contributed by atoms with E-state index in [9.17, 15) is 4.79 Å². The minimum absolute atomic E-state index is 0.130. The molecule has 1 heterocycles. The Morgan fingerprint density at radius 1 is 1.53 bits per heavy atom. The molecule has 0 aliphatic rings. The van der Waals surface area contributed by atoms with Gasteiger partial charge in [-0.1, -0.05) is 0 Å². The van der Waals surface area contributed by atoms with Crippen molar-refractivity contribution < 1.29 is 9.53 Å². The van der Waals surface area contributed by atoms with E-state index in [0.29, 0.717) is 31.2 Å². The molecule has 0 radical (unpaired) electrons. The van der Waals surface area contributed by atoms with Crippen LogP contribution in [0.15, 0.2) is 12.4 Å². The van der Waals surface area contributed by atoms with E-state index in [4.69, 9.17) is 4.74 Å². The number of hydrogen-bond acceptors (Lipinski definition) is 5. The Hall–Kier alpha value is -1.69. The van der Waals surface area contributed by atoms with Gasteiger partial charge in [-0.15, -0.1) is 0 Å². The van der Waals surface area contributed by atoms with Crippen LogP contribution in [0.5, 0.6) is 0 Å². The fraction of sp³-hybridized carbons (Fsp3) is 0.545. The van der Waals surface area contributed by atoms with Gasteiger partial charge < -0.3 is 15.0 Å². The number of anilines is 1. The molecule has 17 heavy (non-hydrogen) atoms. The first-order chi connectivity index (χ1) is 8.22. The van der Waals surface area contributed by atoms with Crippen LogP contribution in [0.1, 0.15) is 17.4 Å². The van der Waals surface area contributed by atoms with Crippen LogP contribution >= 0.6 is 0 Å². The summed E-state index contributed by atoms with van der Waals surface area (Å²) in [5.74, 6) is 0.452. The van der Waals surface area contributed by atoms with Crippen molar-refractivity contribution in [1.29, 1.82) is 0 Å². The highest BCUT2D eigenvalue weighted by Crippen LogP contribution is 2.04. The van der Waals surface area contributed by atoms with Crippen molar-refractivity contribution in [3.05, 3.63) is 18.1 Å². The summed E-state index contributed by atoms with van der Waals surface area (Å²) < 4.78 is 4.96. The molecule has 0 unspecified atom stereocenters. The molecule has 0 atom stereocenters. The summed E-state index contributed by atoms with van der Waals surface area (Å²) in [6.45, 7) is 3.60. The highest BCUT2D eigenvalue weighted by Gasteiger charge is 2.15. The van der Waals surface area contributed by atoms with Gasteiger partial charge in [-0.05, 0) is 6.92 Å². The minimum Gasteiger partial charge on any atom is -0.383 e. The maximum atomic E-state index is 12.1. The van der Waals surface area contributed by atoms with Crippen molar-refractivity contribution in [2.45, 2.75) is 6.92 Å². The monoisotopic (exact) mass is 238 g/mol. The third-order valence-electron chi connectivity index (χ3n) is 2.34. The van der Waals surface area contributed by atoms with Crippen molar-refractivity contribution in [1.82, 2.24) is 14.9 Å². The molecule has 6 heteroatoms. The zero-order chi connectivity index (χ0) is 12.7. The highest BCUT2D eigenvalue weighted by molar-refractivity contribution is 5.92. The fourth-order valence-corrected chi connectivity index (χ4v) is 1.36. The molecule has 0 saturated carbocycles. The lowest BCUT2D eigenvalue weighted by molar-refractivity contribution is 0.0700. The molecular weight excluding hydrogens is 220 g/mol. The summed E-state index contributed by atoms with van der Waals surface area (Å²) in [7, 11) is 3.35. The number of nitrogens with zero attached hydrogens (tertiary/aromatic N) is 3. The molecule has 1 aromatic heterocycles. The van der Waals surface area contributed by atoms with E-state index in [2.05, 4.69) is 15.3 Å². The average Bonchev–Trinajstić information content (AvgIpc) is 2.39. The first-order valence-electron chi connectivity index (χ1n) is 5.51. The smallest absolute Gasteiger partial charge is 0.274 e. The van der Waals surface area contributed by atoms with Crippen LogP contribution < -0.4 is 5.32 Å². The minimum atomic E-state index is -0.130. The summed E-state index contributed by atoms with van der Waals surface area (Å²) in [5, 5.41) is 2.85. The normalized spacial score (nSPS) is 10.1. The summed E-state index contributed by atoms with van der Waals surface area (Å²) >= 11 is 0. The van der Waals surface area contributed by atoms with E-state index in [1.54, 1.807) is 25.3 Å². The zero-order valence-electron chi connectivity index (χ0n) is 10.4. The van der Waals surface area contributed by atoms with Gasteiger partial charge in [-0.2, -0.15) is 0 Å². The number of amides is 1.